The standard InChI is InChI=1S/C15H21N3O2/c1-4-6-16-14(13-5-7-20-11(13)2)8-12-9-15(19-3)18-10-17-12/h5,7,9-10,14,16H,4,6,8H2,1-3H3. The lowest BCUT2D eigenvalue weighted by Crippen LogP contribution is -2.24. The molecule has 0 radical (unpaired) electrons. The van der Waals surface area contributed by atoms with Crippen LogP contribution in [-0.2, 0) is 6.42 Å². The molecular weight excluding hydrogens is 254 g/mol. The molecule has 2 heterocycles. The van der Waals surface area contributed by atoms with Crippen LogP contribution in [0.3, 0.4) is 0 Å². The van der Waals surface area contributed by atoms with Crippen molar-refractivity contribution in [2.24, 2.45) is 0 Å². The lowest BCUT2D eigenvalue weighted by Gasteiger charge is -2.18. The number of aryl methyl sites for hydroxylation is 1. The molecule has 1 unspecified atom stereocenters. The first-order chi connectivity index (χ1) is 9.74. The van der Waals surface area contributed by atoms with Crippen LogP contribution in [0.4, 0.5) is 0 Å². The quantitative estimate of drug-likeness (QED) is 0.841. The Morgan fingerprint density at radius 1 is 1.40 bits per heavy atom. The van der Waals surface area contributed by atoms with E-state index in [-0.39, 0.29) is 6.04 Å². The Balaban J connectivity index is 2.17. The molecule has 5 heteroatoms. The highest BCUT2D eigenvalue weighted by atomic mass is 16.5. The number of rotatable bonds is 7. The molecule has 0 fully saturated rings. The van der Waals surface area contributed by atoms with Gasteiger partial charge in [-0.1, -0.05) is 6.92 Å². The van der Waals surface area contributed by atoms with Gasteiger partial charge in [0.25, 0.3) is 0 Å². The molecule has 5 nitrogen and oxygen atoms in total. The summed E-state index contributed by atoms with van der Waals surface area (Å²) in [5.74, 6) is 1.53. The van der Waals surface area contributed by atoms with Gasteiger partial charge >= 0.3 is 0 Å². The van der Waals surface area contributed by atoms with Crippen molar-refractivity contribution < 1.29 is 9.15 Å². The van der Waals surface area contributed by atoms with Crippen LogP contribution in [0.15, 0.2) is 29.1 Å². The fourth-order valence-electron chi connectivity index (χ4n) is 2.18. The van der Waals surface area contributed by atoms with Gasteiger partial charge in [-0.15, -0.1) is 0 Å². The van der Waals surface area contributed by atoms with E-state index in [9.17, 15) is 0 Å². The zero-order valence-electron chi connectivity index (χ0n) is 12.2. The lowest BCUT2D eigenvalue weighted by atomic mass is 10.0. The molecule has 2 aromatic heterocycles. The average Bonchev–Trinajstić information content (AvgIpc) is 2.90. The van der Waals surface area contributed by atoms with E-state index in [0.29, 0.717) is 5.88 Å². The predicted molar refractivity (Wildman–Crippen MR) is 76.8 cm³/mol. The highest BCUT2D eigenvalue weighted by Crippen LogP contribution is 2.22. The number of ether oxygens (including phenoxy) is 1. The van der Waals surface area contributed by atoms with Gasteiger partial charge in [-0.05, 0) is 26.0 Å². The van der Waals surface area contributed by atoms with Gasteiger partial charge in [-0.3, -0.25) is 0 Å². The monoisotopic (exact) mass is 275 g/mol. The molecular formula is C15H21N3O2. The Labute approximate surface area is 119 Å². The number of nitrogens with one attached hydrogen (secondary N) is 1. The van der Waals surface area contributed by atoms with Crippen molar-refractivity contribution in [1.29, 1.82) is 0 Å². The van der Waals surface area contributed by atoms with E-state index in [2.05, 4.69) is 22.2 Å². The van der Waals surface area contributed by atoms with E-state index in [4.69, 9.17) is 9.15 Å². The second-order valence-electron chi connectivity index (χ2n) is 4.69. The smallest absolute Gasteiger partial charge is 0.216 e. The number of methoxy groups -OCH3 is 1. The highest BCUT2D eigenvalue weighted by Gasteiger charge is 2.16. The van der Waals surface area contributed by atoms with Gasteiger partial charge in [0, 0.05) is 29.8 Å². The Kier molecular flexibility index (Phi) is 5.12. The first-order valence-electron chi connectivity index (χ1n) is 6.86. The topological polar surface area (TPSA) is 60.2 Å². The van der Waals surface area contributed by atoms with Crippen LogP contribution in [0.5, 0.6) is 5.88 Å². The summed E-state index contributed by atoms with van der Waals surface area (Å²) in [6, 6.07) is 4.07. The number of hydrogen-bond donors (Lipinski definition) is 1. The number of furan rings is 1. The molecule has 0 spiro atoms. The van der Waals surface area contributed by atoms with Crippen LogP contribution >= 0.6 is 0 Å². The Morgan fingerprint density at radius 2 is 2.25 bits per heavy atom. The summed E-state index contributed by atoms with van der Waals surface area (Å²) in [6.45, 7) is 5.09. The third-order valence-electron chi connectivity index (χ3n) is 3.24. The van der Waals surface area contributed by atoms with Crippen molar-refractivity contribution in [3.63, 3.8) is 0 Å². The van der Waals surface area contributed by atoms with E-state index < -0.39 is 0 Å². The summed E-state index contributed by atoms with van der Waals surface area (Å²) in [4.78, 5) is 8.35. The van der Waals surface area contributed by atoms with Crippen molar-refractivity contribution in [2.45, 2.75) is 32.7 Å². The molecule has 108 valence electrons. The van der Waals surface area contributed by atoms with E-state index in [1.54, 1.807) is 13.4 Å². The largest absolute Gasteiger partial charge is 0.481 e. The molecule has 2 aromatic rings. The zero-order valence-corrected chi connectivity index (χ0v) is 12.2. The van der Waals surface area contributed by atoms with Gasteiger partial charge in [0.2, 0.25) is 5.88 Å². The van der Waals surface area contributed by atoms with Crippen LogP contribution < -0.4 is 10.1 Å². The molecule has 0 aliphatic heterocycles. The second-order valence-corrected chi connectivity index (χ2v) is 4.69. The second kappa shape index (κ2) is 7.05. The first-order valence-corrected chi connectivity index (χ1v) is 6.86. The fraction of sp³-hybridized carbons (Fsp3) is 0.467. The molecule has 1 atom stereocenters. The van der Waals surface area contributed by atoms with E-state index in [1.807, 2.05) is 19.1 Å². The van der Waals surface area contributed by atoms with Crippen molar-refractivity contribution >= 4 is 0 Å². The van der Waals surface area contributed by atoms with Gasteiger partial charge in [0.1, 0.15) is 12.1 Å². The van der Waals surface area contributed by atoms with Crippen LogP contribution in [0.2, 0.25) is 0 Å². The summed E-state index contributed by atoms with van der Waals surface area (Å²) in [5, 5.41) is 3.54. The average molecular weight is 275 g/mol. The summed E-state index contributed by atoms with van der Waals surface area (Å²) >= 11 is 0. The normalized spacial score (nSPS) is 12.3. The maximum Gasteiger partial charge on any atom is 0.216 e. The number of aromatic nitrogens is 2. The van der Waals surface area contributed by atoms with Gasteiger partial charge in [0.15, 0.2) is 0 Å². The van der Waals surface area contributed by atoms with Crippen LogP contribution in [0.25, 0.3) is 0 Å². The van der Waals surface area contributed by atoms with Crippen molar-refractivity contribution in [2.75, 3.05) is 13.7 Å². The highest BCUT2D eigenvalue weighted by molar-refractivity contribution is 5.23. The number of hydrogen-bond acceptors (Lipinski definition) is 5. The molecule has 0 aromatic carbocycles. The summed E-state index contributed by atoms with van der Waals surface area (Å²) in [5.41, 5.74) is 2.13. The minimum Gasteiger partial charge on any atom is -0.481 e. The minimum atomic E-state index is 0.188. The molecule has 0 saturated heterocycles. The van der Waals surface area contributed by atoms with E-state index in [1.165, 1.54) is 11.9 Å². The maximum atomic E-state index is 5.41. The molecule has 0 aliphatic carbocycles. The van der Waals surface area contributed by atoms with E-state index in [0.717, 1.165) is 30.8 Å². The molecule has 0 saturated carbocycles. The molecule has 20 heavy (non-hydrogen) atoms. The van der Waals surface area contributed by atoms with Crippen LogP contribution in [0.1, 0.15) is 36.4 Å². The Hall–Kier alpha value is -1.88. The van der Waals surface area contributed by atoms with Gasteiger partial charge in [-0.25, -0.2) is 9.97 Å². The van der Waals surface area contributed by atoms with Gasteiger partial charge in [-0.2, -0.15) is 0 Å². The van der Waals surface area contributed by atoms with Crippen molar-refractivity contribution in [3.05, 3.63) is 41.7 Å². The molecule has 0 amide bonds. The third-order valence-corrected chi connectivity index (χ3v) is 3.24. The molecule has 0 bridgehead atoms. The van der Waals surface area contributed by atoms with E-state index >= 15 is 0 Å². The van der Waals surface area contributed by atoms with Gasteiger partial charge in [0.05, 0.1) is 13.4 Å². The summed E-state index contributed by atoms with van der Waals surface area (Å²) in [6.07, 6.45) is 5.12. The predicted octanol–water partition coefficient (Wildman–Crippen LogP) is 2.67. The van der Waals surface area contributed by atoms with Crippen LogP contribution in [0, 0.1) is 6.92 Å². The maximum absolute atomic E-state index is 5.41. The first kappa shape index (κ1) is 14.5. The third kappa shape index (κ3) is 3.57. The van der Waals surface area contributed by atoms with Crippen molar-refractivity contribution in [3.8, 4) is 5.88 Å². The molecule has 2 rings (SSSR count). The minimum absolute atomic E-state index is 0.188. The van der Waals surface area contributed by atoms with Gasteiger partial charge < -0.3 is 14.5 Å². The molecule has 0 aliphatic rings. The number of nitrogens with zero attached hydrogens (tertiary/aromatic N) is 2. The van der Waals surface area contributed by atoms with Crippen molar-refractivity contribution in [1.82, 2.24) is 15.3 Å². The summed E-state index contributed by atoms with van der Waals surface area (Å²) in [7, 11) is 1.61. The SMILES string of the molecule is CCCNC(Cc1cc(OC)ncn1)c1ccoc1C. The Morgan fingerprint density at radius 3 is 2.90 bits per heavy atom. The summed E-state index contributed by atoms with van der Waals surface area (Å²) < 4.78 is 10.6. The van der Waals surface area contributed by atoms with Crippen LogP contribution in [-0.4, -0.2) is 23.6 Å². The Bertz CT molecular complexity index is 539. The lowest BCUT2D eigenvalue weighted by molar-refractivity contribution is 0.395. The fourth-order valence-corrected chi connectivity index (χ4v) is 2.18. The molecule has 1 N–H and O–H groups in total. The zero-order chi connectivity index (χ0) is 14.4.